The van der Waals surface area contributed by atoms with Crippen molar-refractivity contribution in [3.63, 3.8) is 0 Å². The molecule has 0 spiro atoms. The number of nitrogens with two attached hydrogens (primary N) is 1. The SMILES string of the molecule is CC1(c2noc([C@@H](O)CCN)n2)CCCO1. The molecule has 3 N–H and O–H groups in total. The molecule has 1 aliphatic heterocycles. The summed E-state index contributed by atoms with van der Waals surface area (Å²) in [6, 6.07) is 0. The lowest BCUT2D eigenvalue weighted by atomic mass is 10.0. The number of rotatable bonds is 4. The molecule has 0 saturated carbocycles. The Bertz CT molecular complexity index is 347. The first-order valence-corrected chi connectivity index (χ1v) is 5.52. The molecule has 0 radical (unpaired) electrons. The third-order valence-corrected chi connectivity index (χ3v) is 2.86. The molecule has 16 heavy (non-hydrogen) atoms. The first-order valence-electron chi connectivity index (χ1n) is 5.52. The summed E-state index contributed by atoms with van der Waals surface area (Å²) < 4.78 is 10.6. The average Bonchev–Trinajstić information content (AvgIpc) is 2.86. The molecule has 2 atom stereocenters. The van der Waals surface area contributed by atoms with Crippen LogP contribution in [-0.2, 0) is 10.3 Å². The van der Waals surface area contributed by atoms with E-state index >= 15 is 0 Å². The van der Waals surface area contributed by atoms with Gasteiger partial charge in [0.2, 0.25) is 5.82 Å². The summed E-state index contributed by atoms with van der Waals surface area (Å²) in [6.45, 7) is 3.03. The lowest BCUT2D eigenvalue weighted by molar-refractivity contribution is 0.00767. The summed E-state index contributed by atoms with van der Waals surface area (Å²) in [5.41, 5.74) is 4.88. The molecule has 0 aromatic carbocycles. The van der Waals surface area contributed by atoms with Crippen molar-refractivity contribution in [2.45, 2.75) is 37.9 Å². The Morgan fingerprint density at radius 3 is 3.06 bits per heavy atom. The number of nitrogens with zero attached hydrogens (tertiary/aromatic N) is 2. The second-order valence-electron chi connectivity index (χ2n) is 4.23. The van der Waals surface area contributed by atoms with E-state index < -0.39 is 11.7 Å². The largest absolute Gasteiger partial charge is 0.383 e. The van der Waals surface area contributed by atoms with Gasteiger partial charge in [0, 0.05) is 6.61 Å². The van der Waals surface area contributed by atoms with Gasteiger partial charge in [0.15, 0.2) is 0 Å². The Morgan fingerprint density at radius 2 is 2.44 bits per heavy atom. The lowest BCUT2D eigenvalue weighted by Gasteiger charge is -2.17. The van der Waals surface area contributed by atoms with E-state index in [9.17, 15) is 5.11 Å². The normalized spacial score (nSPS) is 27.2. The molecule has 1 saturated heterocycles. The first kappa shape index (κ1) is 11.5. The summed E-state index contributed by atoms with van der Waals surface area (Å²) in [7, 11) is 0. The molecule has 1 aromatic rings. The highest BCUT2D eigenvalue weighted by molar-refractivity contribution is 5.02. The maximum atomic E-state index is 9.64. The zero-order valence-corrected chi connectivity index (χ0v) is 9.35. The van der Waals surface area contributed by atoms with Crippen molar-refractivity contribution in [2.75, 3.05) is 13.2 Å². The van der Waals surface area contributed by atoms with Gasteiger partial charge in [-0.2, -0.15) is 4.98 Å². The molecule has 1 aromatic heterocycles. The molecule has 0 amide bonds. The summed E-state index contributed by atoms with van der Waals surface area (Å²) in [5.74, 6) is 0.730. The molecular weight excluding hydrogens is 210 g/mol. The Labute approximate surface area is 93.8 Å². The van der Waals surface area contributed by atoms with Gasteiger partial charge in [-0.25, -0.2) is 0 Å². The van der Waals surface area contributed by atoms with Crippen molar-refractivity contribution in [3.8, 4) is 0 Å². The van der Waals surface area contributed by atoms with Crippen LogP contribution in [-0.4, -0.2) is 28.4 Å². The van der Waals surface area contributed by atoms with E-state index in [1.54, 1.807) is 0 Å². The molecular formula is C10H17N3O3. The fourth-order valence-corrected chi connectivity index (χ4v) is 1.82. The van der Waals surface area contributed by atoms with Crippen LogP contribution in [0.1, 0.15) is 44.0 Å². The summed E-state index contributed by atoms with van der Waals surface area (Å²) in [4.78, 5) is 4.17. The standard InChI is InChI=1S/C10H17N3O3/c1-10(4-2-6-15-10)9-12-8(16-13-9)7(14)3-5-11/h7,14H,2-6,11H2,1H3/t7-,10?/m0/s1. The highest BCUT2D eigenvalue weighted by atomic mass is 16.5. The fraction of sp³-hybridized carbons (Fsp3) is 0.800. The van der Waals surface area contributed by atoms with Crippen LogP contribution < -0.4 is 5.73 Å². The second-order valence-corrected chi connectivity index (χ2v) is 4.23. The summed E-state index contributed by atoms with van der Waals surface area (Å²) in [5, 5.41) is 13.5. The zero-order valence-electron chi connectivity index (χ0n) is 9.35. The first-order chi connectivity index (χ1) is 7.65. The number of aromatic nitrogens is 2. The maximum absolute atomic E-state index is 9.64. The predicted molar refractivity (Wildman–Crippen MR) is 55.5 cm³/mol. The van der Waals surface area contributed by atoms with Gasteiger partial charge in [-0.05, 0) is 32.7 Å². The average molecular weight is 227 g/mol. The van der Waals surface area contributed by atoms with Crippen LogP contribution in [0, 0.1) is 0 Å². The number of aliphatic hydroxyl groups is 1. The van der Waals surface area contributed by atoms with Gasteiger partial charge >= 0.3 is 0 Å². The van der Waals surface area contributed by atoms with Gasteiger partial charge in [-0.1, -0.05) is 5.16 Å². The van der Waals surface area contributed by atoms with Gasteiger partial charge in [-0.15, -0.1) is 0 Å². The highest BCUT2D eigenvalue weighted by Crippen LogP contribution is 2.34. The number of aliphatic hydroxyl groups excluding tert-OH is 1. The molecule has 90 valence electrons. The van der Waals surface area contributed by atoms with Crippen molar-refractivity contribution in [2.24, 2.45) is 5.73 Å². The van der Waals surface area contributed by atoms with Gasteiger partial charge in [0.1, 0.15) is 11.7 Å². The summed E-state index contributed by atoms with van der Waals surface area (Å²) in [6.07, 6.45) is 1.50. The Morgan fingerprint density at radius 1 is 1.62 bits per heavy atom. The van der Waals surface area contributed by atoms with Gasteiger partial charge in [0.25, 0.3) is 5.89 Å². The Balaban J connectivity index is 2.12. The van der Waals surface area contributed by atoms with Crippen LogP contribution in [0.5, 0.6) is 0 Å². The molecule has 1 fully saturated rings. The van der Waals surface area contributed by atoms with Gasteiger partial charge in [0.05, 0.1) is 0 Å². The van der Waals surface area contributed by atoms with E-state index in [2.05, 4.69) is 10.1 Å². The second kappa shape index (κ2) is 4.48. The van der Waals surface area contributed by atoms with Crippen LogP contribution in [0.15, 0.2) is 4.52 Å². The fourth-order valence-electron chi connectivity index (χ4n) is 1.82. The number of hydrogen-bond donors (Lipinski definition) is 2. The Hall–Kier alpha value is -0.980. The molecule has 0 aliphatic carbocycles. The third-order valence-electron chi connectivity index (χ3n) is 2.86. The molecule has 6 heteroatoms. The van der Waals surface area contributed by atoms with E-state index in [0.29, 0.717) is 25.4 Å². The predicted octanol–water partition coefficient (Wildman–Crippen LogP) is 0.477. The molecule has 2 heterocycles. The molecule has 1 aliphatic rings. The van der Waals surface area contributed by atoms with Crippen molar-refractivity contribution in [1.82, 2.24) is 10.1 Å². The van der Waals surface area contributed by atoms with Crippen LogP contribution in [0.25, 0.3) is 0 Å². The minimum atomic E-state index is -0.781. The third kappa shape index (κ3) is 2.09. The number of hydrogen-bond acceptors (Lipinski definition) is 6. The minimum absolute atomic E-state index is 0.220. The van der Waals surface area contributed by atoms with E-state index in [0.717, 1.165) is 12.8 Å². The van der Waals surface area contributed by atoms with Crippen molar-refractivity contribution in [3.05, 3.63) is 11.7 Å². The quantitative estimate of drug-likeness (QED) is 0.776. The zero-order chi connectivity index (χ0) is 11.6. The topological polar surface area (TPSA) is 94.4 Å². The van der Waals surface area contributed by atoms with Crippen LogP contribution in [0.3, 0.4) is 0 Å². The molecule has 2 rings (SSSR count). The van der Waals surface area contributed by atoms with Gasteiger partial charge in [-0.3, -0.25) is 0 Å². The molecule has 1 unspecified atom stereocenters. The van der Waals surface area contributed by atoms with Gasteiger partial charge < -0.3 is 20.1 Å². The van der Waals surface area contributed by atoms with Crippen molar-refractivity contribution < 1.29 is 14.4 Å². The van der Waals surface area contributed by atoms with E-state index in [1.165, 1.54) is 0 Å². The van der Waals surface area contributed by atoms with Crippen LogP contribution in [0.4, 0.5) is 0 Å². The van der Waals surface area contributed by atoms with Crippen LogP contribution >= 0.6 is 0 Å². The van der Waals surface area contributed by atoms with Crippen molar-refractivity contribution >= 4 is 0 Å². The van der Waals surface area contributed by atoms with E-state index in [1.807, 2.05) is 6.92 Å². The van der Waals surface area contributed by atoms with Crippen molar-refractivity contribution in [1.29, 1.82) is 0 Å². The monoisotopic (exact) mass is 227 g/mol. The molecule has 6 nitrogen and oxygen atoms in total. The highest BCUT2D eigenvalue weighted by Gasteiger charge is 2.37. The summed E-state index contributed by atoms with van der Waals surface area (Å²) >= 11 is 0. The van der Waals surface area contributed by atoms with E-state index in [-0.39, 0.29) is 5.89 Å². The maximum Gasteiger partial charge on any atom is 0.255 e. The van der Waals surface area contributed by atoms with E-state index in [4.69, 9.17) is 15.0 Å². The van der Waals surface area contributed by atoms with Crippen LogP contribution in [0.2, 0.25) is 0 Å². The smallest absolute Gasteiger partial charge is 0.255 e. The number of ether oxygens (including phenoxy) is 1. The molecule has 0 bridgehead atoms. The Kier molecular flexibility index (Phi) is 3.22. The lowest BCUT2D eigenvalue weighted by Crippen LogP contribution is -2.21. The minimum Gasteiger partial charge on any atom is -0.383 e.